The molecule has 0 bridgehead atoms. The van der Waals surface area contributed by atoms with Gasteiger partial charge in [0.25, 0.3) is 0 Å². The van der Waals surface area contributed by atoms with E-state index < -0.39 is 0 Å². The number of aromatic nitrogens is 4. The lowest BCUT2D eigenvalue weighted by molar-refractivity contribution is 0.297. The number of fused-ring (bicyclic) bond motifs is 1. The number of H-pyrrole nitrogens is 1. The Morgan fingerprint density at radius 3 is 2.60 bits per heavy atom. The normalized spacial score (nSPS) is 10.9. The van der Waals surface area contributed by atoms with Gasteiger partial charge in [0, 0.05) is 0 Å². The number of ether oxygens (including phenoxy) is 1. The van der Waals surface area contributed by atoms with Crippen molar-refractivity contribution in [2.24, 2.45) is 0 Å². The zero-order valence-electron chi connectivity index (χ0n) is 11.3. The molecule has 2 heterocycles. The summed E-state index contributed by atoms with van der Waals surface area (Å²) >= 11 is 0. The van der Waals surface area contributed by atoms with E-state index in [-0.39, 0.29) is 5.95 Å². The number of nitrogens with two attached hydrogens (primary N) is 1. The third-order valence-corrected chi connectivity index (χ3v) is 2.95. The number of aromatic amines is 1. The van der Waals surface area contributed by atoms with E-state index in [0.29, 0.717) is 23.7 Å². The van der Waals surface area contributed by atoms with Crippen molar-refractivity contribution < 1.29 is 4.74 Å². The summed E-state index contributed by atoms with van der Waals surface area (Å²) in [6.45, 7) is 4.32. The Kier molecular flexibility index (Phi) is 2.98. The SMILES string of the molecule is Cc1ccc(COc2nc(N)nc3nc(C)[nH]c23)cc1. The molecule has 0 atom stereocenters. The summed E-state index contributed by atoms with van der Waals surface area (Å²) in [4.78, 5) is 15.5. The van der Waals surface area contributed by atoms with Crippen LogP contribution in [-0.2, 0) is 6.61 Å². The second-order valence-corrected chi connectivity index (χ2v) is 4.68. The summed E-state index contributed by atoms with van der Waals surface area (Å²) in [5.41, 5.74) is 9.14. The summed E-state index contributed by atoms with van der Waals surface area (Å²) in [6.07, 6.45) is 0. The van der Waals surface area contributed by atoms with E-state index in [4.69, 9.17) is 10.5 Å². The van der Waals surface area contributed by atoms with Crippen molar-refractivity contribution in [1.29, 1.82) is 0 Å². The van der Waals surface area contributed by atoms with Gasteiger partial charge < -0.3 is 15.5 Å². The van der Waals surface area contributed by atoms with Crippen LogP contribution < -0.4 is 10.5 Å². The summed E-state index contributed by atoms with van der Waals surface area (Å²) in [5, 5.41) is 0. The molecule has 3 rings (SSSR count). The highest BCUT2D eigenvalue weighted by Crippen LogP contribution is 2.22. The first kappa shape index (κ1) is 12.4. The average Bonchev–Trinajstić information content (AvgIpc) is 2.78. The van der Waals surface area contributed by atoms with Crippen LogP contribution in [0.25, 0.3) is 11.2 Å². The third kappa shape index (κ3) is 2.40. The zero-order chi connectivity index (χ0) is 14.1. The van der Waals surface area contributed by atoms with Crippen LogP contribution in [0, 0.1) is 13.8 Å². The minimum atomic E-state index is 0.155. The van der Waals surface area contributed by atoms with Crippen molar-refractivity contribution in [1.82, 2.24) is 19.9 Å². The fraction of sp³-hybridized carbons (Fsp3) is 0.214. The molecule has 2 aromatic heterocycles. The highest BCUT2D eigenvalue weighted by molar-refractivity contribution is 5.77. The Morgan fingerprint density at radius 2 is 1.85 bits per heavy atom. The van der Waals surface area contributed by atoms with Crippen LogP contribution in [0.3, 0.4) is 0 Å². The summed E-state index contributed by atoms with van der Waals surface area (Å²) < 4.78 is 5.74. The molecule has 0 aliphatic heterocycles. The molecule has 0 saturated carbocycles. The van der Waals surface area contributed by atoms with Crippen molar-refractivity contribution in [3.8, 4) is 5.88 Å². The van der Waals surface area contributed by atoms with Gasteiger partial charge in [-0.05, 0) is 19.4 Å². The number of rotatable bonds is 3. The minimum Gasteiger partial charge on any atom is -0.471 e. The Hall–Kier alpha value is -2.63. The van der Waals surface area contributed by atoms with Crippen LogP contribution >= 0.6 is 0 Å². The molecule has 0 aliphatic rings. The maximum absolute atomic E-state index is 5.74. The quantitative estimate of drug-likeness (QED) is 0.760. The summed E-state index contributed by atoms with van der Waals surface area (Å²) in [5.74, 6) is 1.33. The predicted molar refractivity (Wildman–Crippen MR) is 76.3 cm³/mol. The lowest BCUT2D eigenvalue weighted by Gasteiger charge is -2.06. The van der Waals surface area contributed by atoms with Gasteiger partial charge in [-0.25, -0.2) is 4.98 Å². The average molecular weight is 269 g/mol. The van der Waals surface area contributed by atoms with Gasteiger partial charge in [0.15, 0.2) is 5.65 Å². The monoisotopic (exact) mass is 269 g/mol. The van der Waals surface area contributed by atoms with Gasteiger partial charge in [-0.15, -0.1) is 0 Å². The highest BCUT2D eigenvalue weighted by Gasteiger charge is 2.11. The lowest BCUT2D eigenvalue weighted by atomic mass is 10.2. The number of imidazole rings is 1. The van der Waals surface area contributed by atoms with Crippen LogP contribution in [-0.4, -0.2) is 19.9 Å². The highest BCUT2D eigenvalue weighted by atomic mass is 16.5. The van der Waals surface area contributed by atoms with Gasteiger partial charge in [-0.1, -0.05) is 29.8 Å². The van der Waals surface area contributed by atoms with E-state index in [1.54, 1.807) is 0 Å². The number of aryl methyl sites for hydroxylation is 2. The molecule has 20 heavy (non-hydrogen) atoms. The van der Waals surface area contributed by atoms with Gasteiger partial charge in [-0.3, -0.25) is 0 Å². The fourth-order valence-corrected chi connectivity index (χ4v) is 1.94. The maximum atomic E-state index is 5.74. The van der Waals surface area contributed by atoms with Gasteiger partial charge >= 0.3 is 0 Å². The Balaban J connectivity index is 1.88. The van der Waals surface area contributed by atoms with Crippen LogP contribution in [0.2, 0.25) is 0 Å². The number of anilines is 1. The molecule has 102 valence electrons. The van der Waals surface area contributed by atoms with Crippen molar-refractivity contribution in [2.75, 3.05) is 5.73 Å². The van der Waals surface area contributed by atoms with E-state index in [1.165, 1.54) is 5.56 Å². The van der Waals surface area contributed by atoms with Gasteiger partial charge in [0.1, 0.15) is 17.9 Å². The first-order valence-electron chi connectivity index (χ1n) is 6.30. The molecule has 0 aliphatic carbocycles. The van der Waals surface area contributed by atoms with E-state index in [2.05, 4.69) is 19.9 Å². The minimum absolute atomic E-state index is 0.155. The molecule has 3 aromatic rings. The smallest absolute Gasteiger partial charge is 0.245 e. The first-order valence-corrected chi connectivity index (χ1v) is 6.30. The Bertz CT molecular complexity index is 748. The predicted octanol–water partition coefficient (Wildman–Crippen LogP) is 2.13. The number of nitrogens with zero attached hydrogens (tertiary/aromatic N) is 3. The molecule has 0 amide bonds. The number of hydrogen-bond donors (Lipinski definition) is 2. The number of benzene rings is 1. The van der Waals surface area contributed by atoms with Crippen LogP contribution in [0.4, 0.5) is 5.95 Å². The molecule has 1 aromatic carbocycles. The molecule has 6 heteroatoms. The molecular weight excluding hydrogens is 254 g/mol. The number of nitrogen functional groups attached to an aromatic ring is 1. The topological polar surface area (TPSA) is 89.7 Å². The Labute approximate surface area is 116 Å². The first-order chi connectivity index (χ1) is 9.61. The molecule has 0 radical (unpaired) electrons. The van der Waals surface area contributed by atoms with Crippen molar-refractivity contribution in [2.45, 2.75) is 20.5 Å². The van der Waals surface area contributed by atoms with Crippen LogP contribution in [0.15, 0.2) is 24.3 Å². The van der Waals surface area contributed by atoms with E-state index in [9.17, 15) is 0 Å². The molecule has 3 N–H and O–H groups in total. The number of hydrogen-bond acceptors (Lipinski definition) is 5. The van der Waals surface area contributed by atoms with E-state index in [0.717, 1.165) is 11.4 Å². The van der Waals surface area contributed by atoms with Crippen LogP contribution in [0.1, 0.15) is 17.0 Å². The van der Waals surface area contributed by atoms with Crippen molar-refractivity contribution in [3.05, 3.63) is 41.2 Å². The fourth-order valence-electron chi connectivity index (χ4n) is 1.94. The second kappa shape index (κ2) is 4.80. The molecular formula is C14H15N5O. The maximum Gasteiger partial charge on any atom is 0.245 e. The number of nitrogens with one attached hydrogen (secondary N) is 1. The summed E-state index contributed by atoms with van der Waals surface area (Å²) in [7, 11) is 0. The van der Waals surface area contributed by atoms with E-state index in [1.807, 2.05) is 38.1 Å². The summed E-state index contributed by atoms with van der Waals surface area (Å²) in [6, 6.07) is 8.14. The largest absolute Gasteiger partial charge is 0.471 e. The zero-order valence-corrected chi connectivity index (χ0v) is 11.3. The molecule has 0 spiro atoms. The second-order valence-electron chi connectivity index (χ2n) is 4.68. The molecule has 0 unspecified atom stereocenters. The third-order valence-electron chi connectivity index (χ3n) is 2.95. The van der Waals surface area contributed by atoms with Gasteiger partial charge in [-0.2, -0.15) is 9.97 Å². The van der Waals surface area contributed by atoms with Crippen LogP contribution in [0.5, 0.6) is 5.88 Å². The molecule has 6 nitrogen and oxygen atoms in total. The lowest BCUT2D eigenvalue weighted by Crippen LogP contribution is -2.02. The van der Waals surface area contributed by atoms with Gasteiger partial charge in [0.05, 0.1) is 0 Å². The van der Waals surface area contributed by atoms with E-state index >= 15 is 0 Å². The van der Waals surface area contributed by atoms with Crippen molar-refractivity contribution >= 4 is 17.1 Å². The molecule has 0 fully saturated rings. The van der Waals surface area contributed by atoms with Gasteiger partial charge in [0.2, 0.25) is 11.8 Å². The van der Waals surface area contributed by atoms with Crippen molar-refractivity contribution in [3.63, 3.8) is 0 Å². The Morgan fingerprint density at radius 1 is 1.10 bits per heavy atom. The standard InChI is InChI=1S/C14H15N5O/c1-8-3-5-10(6-4-8)7-20-13-11-12(17-9(2)16-11)18-14(15)19-13/h3-6H,7H2,1-2H3,(H3,15,16,17,18,19). The molecule has 0 saturated heterocycles.